The van der Waals surface area contributed by atoms with Crippen molar-refractivity contribution in [2.75, 3.05) is 4.72 Å². The lowest BCUT2D eigenvalue weighted by Crippen LogP contribution is -2.12. The van der Waals surface area contributed by atoms with E-state index in [2.05, 4.69) is 4.72 Å². The lowest BCUT2D eigenvalue weighted by Gasteiger charge is -2.07. The molecule has 22 heavy (non-hydrogen) atoms. The Bertz CT molecular complexity index is 1050. The monoisotopic (exact) mass is 316 g/mol. The van der Waals surface area contributed by atoms with Crippen LogP contribution in [0.5, 0.6) is 0 Å². The van der Waals surface area contributed by atoms with Gasteiger partial charge in [-0.05, 0) is 18.2 Å². The van der Waals surface area contributed by atoms with Crippen molar-refractivity contribution in [1.82, 2.24) is 0 Å². The molecule has 1 aliphatic rings. The molecule has 0 radical (unpaired) electrons. The van der Waals surface area contributed by atoms with Crippen LogP contribution < -0.4 is 4.72 Å². The Kier molecular flexibility index (Phi) is 2.38. The summed E-state index contributed by atoms with van der Waals surface area (Å²) in [5.41, 5.74) is 0.962. The Morgan fingerprint density at radius 3 is 2.64 bits per heavy atom. The minimum absolute atomic E-state index is 0.0167. The van der Waals surface area contributed by atoms with Gasteiger partial charge in [-0.3, -0.25) is 14.8 Å². The van der Waals surface area contributed by atoms with Crippen molar-refractivity contribution in [1.29, 1.82) is 0 Å². The van der Waals surface area contributed by atoms with E-state index in [9.17, 15) is 18.5 Å². The summed E-state index contributed by atoms with van der Waals surface area (Å²) in [7, 11) is -3.82. The zero-order valence-corrected chi connectivity index (χ0v) is 11.8. The molecule has 4 rings (SSSR count). The summed E-state index contributed by atoms with van der Waals surface area (Å²) in [4.78, 5) is 10.6. The van der Waals surface area contributed by atoms with Gasteiger partial charge in [0.1, 0.15) is 16.1 Å². The molecule has 1 aromatic heterocycles. The normalized spacial score (nSPS) is 14.9. The van der Waals surface area contributed by atoms with E-state index < -0.39 is 20.8 Å². The van der Waals surface area contributed by atoms with Gasteiger partial charge in [-0.2, -0.15) is 0 Å². The molecule has 0 aliphatic carbocycles. The zero-order chi connectivity index (χ0) is 15.5. The summed E-state index contributed by atoms with van der Waals surface area (Å²) >= 11 is 0. The van der Waals surface area contributed by atoms with Gasteiger partial charge < -0.3 is 4.42 Å². The van der Waals surface area contributed by atoms with Gasteiger partial charge in [-0.25, -0.2) is 8.42 Å². The summed E-state index contributed by atoms with van der Waals surface area (Å²) in [6, 6.07) is 10.8. The molecule has 0 bridgehead atoms. The molecule has 1 N–H and O–H groups in total. The molecule has 0 atom stereocenters. The number of fused-ring (bicyclic) bond motifs is 2. The van der Waals surface area contributed by atoms with E-state index in [4.69, 9.17) is 4.42 Å². The molecule has 2 heterocycles. The zero-order valence-electron chi connectivity index (χ0n) is 10.9. The first-order valence-corrected chi connectivity index (χ1v) is 7.79. The van der Waals surface area contributed by atoms with Gasteiger partial charge in [0, 0.05) is 5.56 Å². The number of anilines is 1. The summed E-state index contributed by atoms with van der Waals surface area (Å²) in [6.45, 7) is 0. The predicted molar refractivity (Wildman–Crippen MR) is 79.1 cm³/mol. The van der Waals surface area contributed by atoms with E-state index in [0.717, 1.165) is 0 Å². The Morgan fingerprint density at radius 2 is 1.86 bits per heavy atom. The Balaban J connectivity index is 2.28. The molecule has 0 saturated heterocycles. The highest BCUT2D eigenvalue weighted by atomic mass is 32.2. The molecular weight excluding hydrogens is 308 g/mol. The maximum Gasteiger partial charge on any atom is 0.442 e. The van der Waals surface area contributed by atoms with Crippen LogP contribution in [0, 0.1) is 10.1 Å². The van der Waals surface area contributed by atoms with Crippen molar-refractivity contribution in [3.63, 3.8) is 0 Å². The third-order valence-electron chi connectivity index (χ3n) is 3.55. The minimum Gasteiger partial charge on any atom is -0.400 e. The van der Waals surface area contributed by atoms with Gasteiger partial charge in [0.25, 0.3) is 10.0 Å². The van der Waals surface area contributed by atoms with E-state index in [-0.39, 0.29) is 27.3 Å². The highest BCUT2D eigenvalue weighted by molar-refractivity contribution is 7.93. The third-order valence-corrected chi connectivity index (χ3v) is 4.98. The fraction of sp³-hybridized carbons (Fsp3) is 0. The molecule has 110 valence electrons. The van der Waals surface area contributed by atoms with E-state index >= 15 is 0 Å². The molecule has 0 spiro atoms. The van der Waals surface area contributed by atoms with E-state index in [1.165, 1.54) is 12.1 Å². The molecule has 1 aliphatic heterocycles. The van der Waals surface area contributed by atoms with E-state index in [1.807, 2.05) is 0 Å². The second-order valence-corrected chi connectivity index (χ2v) is 6.47. The highest BCUT2D eigenvalue weighted by Crippen LogP contribution is 2.47. The first-order chi connectivity index (χ1) is 10.5. The number of benzene rings is 2. The molecule has 0 unspecified atom stereocenters. The Morgan fingerprint density at radius 1 is 1.09 bits per heavy atom. The topological polar surface area (TPSA) is 102 Å². The maximum absolute atomic E-state index is 12.5. The van der Waals surface area contributed by atoms with Crippen molar-refractivity contribution in [2.45, 2.75) is 4.90 Å². The second kappa shape index (κ2) is 4.08. The number of nitrogens with zero attached hydrogens (tertiary/aromatic N) is 1. The second-order valence-electron chi connectivity index (χ2n) is 4.82. The first-order valence-electron chi connectivity index (χ1n) is 6.31. The molecule has 0 fully saturated rings. The smallest absolute Gasteiger partial charge is 0.400 e. The number of hydrogen-bond acceptors (Lipinski definition) is 5. The average Bonchev–Trinajstić information content (AvgIpc) is 2.83. The van der Waals surface area contributed by atoms with Crippen LogP contribution >= 0.6 is 0 Å². The van der Waals surface area contributed by atoms with Crippen LogP contribution in [0.3, 0.4) is 0 Å². The van der Waals surface area contributed by atoms with Crippen LogP contribution in [0.2, 0.25) is 0 Å². The number of furan rings is 1. The van der Waals surface area contributed by atoms with Gasteiger partial charge in [0.05, 0.1) is 16.0 Å². The predicted octanol–water partition coefficient (Wildman–Crippen LogP) is 3.12. The van der Waals surface area contributed by atoms with Crippen LogP contribution in [0.15, 0.2) is 51.8 Å². The van der Waals surface area contributed by atoms with Gasteiger partial charge >= 0.3 is 5.88 Å². The Hall–Kier alpha value is -2.87. The van der Waals surface area contributed by atoms with Gasteiger partial charge in [0.15, 0.2) is 0 Å². The quantitative estimate of drug-likeness (QED) is 0.549. The van der Waals surface area contributed by atoms with Crippen molar-refractivity contribution >= 4 is 32.6 Å². The van der Waals surface area contributed by atoms with Gasteiger partial charge in [-0.1, -0.05) is 24.3 Å². The molecule has 2 aromatic carbocycles. The molecule has 8 heteroatoms. The summed E-state index contributed by atoms with van der Waals surface area (Å²) in [5.74, 6) is -0.464. The van der Waals surface area contributed by atoms with Crippen molar-refractivity contribution in [3.05, 3.63) is 52.6 Å². The number of nitro groups is 1. The minimum atomic E-state index is -3.82. The molecule has 0 amide bonds. The lowest BCUT2D eigenvalue weighted by atomic mass is 10.0. The van der Waals surface area contributed by atoms with Crippen LogP contribution in [-0.4, -0.2) is 13.3 Å². The summed E-state index contributed by atoms with van der Waals surface area (Å²) in [6.07, 6.45) is 0. The lowest BCUT2D eigenvalue weighted by molar-refractivity contribution is -0.400. The third kappa shape index (κ3) is 1.58. The standard InChI is InChI=1S/C14H8N2O5S/c17-16(18)14-12-8-4-1-2-7-11(8)22(19,20)15-9-5-3-6-10(21-14)13(9)12/h1-7,15H. The fourth-order valence-corrected chi connectivity index (χ4v) is 3.99. The Labute approximate surface area is 124 Å². The number of sulfonamides is 1. The first kappa shape index (κ1) is 12.8. The summed E-state index contributed by atoms with van der Waals surface area (Å²) in [5, 5.41) is 11.7. The van der Waals surface area contributed by atoms with Crippen LogP contribution in [0.4, 0.5) is 11.6 Å². The summed E-state index contributed by atoms with van der Waals surface area (Å²) < 4.78 is 32.7. The van der Waals surface area contributed by atoms with Gasteiger partial charge in [-0.15, -0.1) is 0 Å². The van der Waals surface area contributed by atoms with Crippen molar-refractivity contribution in [2.24, 2.45) is 0 Å². The number of nitrogens with one attached hydrogen (secondary N) is 1. The molecule has 7 nitrogen and oxygen atoms in total. The van der Waals surface area contributed by atoms with E-state index in [0.29, 0.717) is 5.39 Å². The van der Waals surface area contributed by atoms with Crippen molar-refractivity contribution in [3.8, 4) is 11.1 Å². The van der Waals surface area contributed by atoms with E-state index in [1.54, 1.807) is 30.3 Å². The maximum atomic E-state index is 12.5. The largest absolute Gasteiger partial charge is 0.442 e. The number of hydrogen-bond donors (Lipinski definition) is 1. The van der Waals surface area contributed by atoms with Crippen LogP contribution in [0.1, 0.15) is 0 Å². The molecular formula is C14H8N2O5S. The SMILES string of the molecule is O=[N+]([O-])c1oc2cccc3c2c1-c1ccccc1S(=O)(=O)N3. The van der Waals surface area contributed by atoms with Crippen LogP contribution in [-0.2, 0) is 10.0 Å². The van der Waals surface area contributed by atoms with Crippen LogP contribution in [0.25, 0.3) is 22.1 Å². The highest BCUT2D eigenvalue weighted by Gasteiger charge is 2.34. The van der Waals surface area contributed by atoms with Crippen molar-refractivity contribution < 1.29 is 17.8 Å². The van der Waals surface area contributed by atoms with Gasteiger partial charge in [0.2, 0.25) is 0 Å². The molecule has 0 saturated carbocycles. The number of rotatable bonds is 1. The molecule has 3 aromatic rings. The average molecular weight is 316 g/mol. The fourth-order valence-electron chi connectivity index (χ4n) is 2.71.